The second kappa shape index (κ2) is 3.84. The van der Waals surface area contributed by atoms with Gasteiger partial charge in [-0.1, -0.05) is 0 Å². The van der Waals surface area contributed by atoms with Gasteiger partial charge in [0.15, 0.2) is 11.5 Å². The number of rotatable bonds is 3. The highest BCUT2D eigenvalue weighted by Crippen LogP contribution is 2.19. The Hall–Kier alpha value is -1.46. The highest BCUT2D eigenvalue weighted by molar-refractivity contribution is 5.72. The number of aromatic nitrogens is 1. The molecule has 5 heteroatoms. The minimum Gasteiger partial charge on any atom is -0.441 e. The standard InChI is InChI=1S/C11H13FN2O2/c1-11(15,6-13)5-10-14-8-4-7(12)2-3-9(8)16-10/h2-4,15H,5-6,13H2,1H3. The lowest BCUT2D eigenvalue weighted by Crippen LogP contribution is -2.36. The molecule has 1 atom stereocenters. The van der Waals surface area contributed by atoms with Crippen LogP contribution in [0.3, 0.4) is 0 Å². The highest BCUT2D eigenvalue weighted by Gasteiger charge is 2.22. The van der Waals surface area contributed by atoms with E-state index in [2.05, 4.69) is 4.98 Å². The minimum atomic E-state index is -1.06. The fraction of sp³-hybridized carbons (Fsp3) is 0.364. The first-order chi connectivity index (χ1) is 7.50. The van der Waals surface area contributed by atoms with E-state index in [1.54, 1.807) is 6.92 Å². The summed E-state index contributed by atoms with van der Waals surface area (Å²) in [4.78, 5) is 4.08. The van der Waals surface area contributed by atoms with Crippen molar-refractivity contribution in [3.05, 3.63) is 29.9 Å². The number of hydrogen-bond acceptors (Lipinski definition) is 4. The Labute approximate surface area is 91.9 Å². The van der Waals surface area contributed by atoms with E-state index in [0.29, 0.717) is 17.0 Å². The summed E-state index contributed by atoms with van der Waals surface area (Å²) in [5.41, 5.74) is 5.29. The molecule has 0 saturated heterocycles. The van der Waals surface area contributed by atoms with E-state index in [1.807, 2.05) is 0 Å². The van der Waals surface area contributed by atoms with E-state index in [4.69, 9.17) is 10.2 Å². The molecule has 0 aliphatic carbocycles. The Balaban J connectivity index is 2.33. The van der Waals surface area contributed by atoms with Gasteiger partial charge in [0.2, 0.25) is 0 Å². The molecule has 0 amide bonds. The number of hydrogen-bond donors (Lipinski definition) is 2. The van der Waals surface area contributed by atoms with E-state index in [-0.39, 0.29) is 18.8 Å². The van der Waals surface area contributed by atoms with Crippen molar-refractivity contribution in [2.24, 2.45) is 5.73 Å². The lowest BCUT2D eigenvalue weighted by molar-refractivity contribution is 0.0632. The Morgan fingerprint density at radius 2 is 2.31 bits per heavy atom. The minimum absolute atomic E-state index is 0.111. The Kier molecular flexibility index (Phi) is 2.65. The van der Waals surface area contributed by atoms with Crippen molar-refractivity contribution in [1.82, 2.24) is 4.98 Å². The van der Waals surface area contributed by atoms with Crippen LogP contribution in [0.25, 0.3) is 11.1 Å². The van der Waals surface area contributed by atoms with Crippen LogP contribution < -0.4 is 5.73 Å². The largest absolute Gasteiger partial charge is 0.441 e. The van der Waals surface area contributed by atoms with Crippen LogP contribution in [0.1, 0.15) is 12.8 Å². The zero-order valence-corrected chi connectivity index (χ0v) is 8.90. The molecule has 0 bridgehead atoms. The van der Waals surface area contributed by atoms with Gasteiger partial charge in [-0.15, -0.1) is 0 Å². The fourth-order valence-corrected chi connectivity index (χ4v) is 1.42. The van der Waals surface area contributed by atoms with Crippen molar-refractivity contribution >= 4 is 11.1 Å². The molecule has 2 rings (SSSR count). The Morgan fingerprint density at radius 3 is 3.00 bits per heavy atom. The molecule has 3 N–H and O–H groups in total. The lowest BCUT2D eigenvalue weighted by Gasteiger charge is -2.18. The Morgan fingerprint density at radius 1 is 1.56 bits per heavy atom. The molecule has 1 aromatic heterocycles. The molecule has 1 aromatic carbocycles. The van der Waals surface area contributed by atoms with Crippen LogP contribution >= 0.6 is 0 Å². The molecule has 16 heavy (non-hydrogen) atoms. The topological polar surface area (TPSA) is 72.3 Å². The SMILES string of the molecule is CC(O)(CN)Cc1nc2cc(F)ccc2o1. The van der Waals surface area contributed by atoms with Crippen molar-refractivity contribution in [2.75, 3.05) is 6.54 Å². The van der Waals surface area contributed by atoms with Gasteiger partial charge in [0.25, 0.3) is 0 Å². The molecular weight excluding hydrogens is 211 g/mol. The zero-order chi connectivity index (χ0) is 11.8. The summed E-state index contributed by atoms with van der Waals surface area (Å²) in [5.74, 6) is -0.00557. The first kappa shape index (κ1) is 11.0. The third-order valence-electron chi connectivity index (χ3n) is 2.37. The van der Waals surface area contributed by atoms with Gasteiger partial charge >= 0.3 is 0 Å². The van der Waals surface area contributed by atoms with Crippen LogP contribution in [0.2, 0.25) is 0 Å². The van der Waals surface area contributed by atoms with Gasteiger partial charge in [-0.25, -0.2) is 9.37 Å². The van der Waals surface area contributed by atoms with Crippen LogP contribution in [0, 0.1) is 5.82 Å². The maximum absolute atomic E-state index is 12.9. The maximum atomic E-state index is 12.9. The number of nitrogens with zero attached hydrogens (tertiary/aromatic N) is 1. The van der Waals surface area contributed by atoms with Crippen molar-refractivity contribution in [2.45, 2.75) is 18.9 Å². The molecular formula is C11H13FN2O2. The van der Waals surface area contributed by atoms with Gasteiger partial charge in [0.05, 0.1) is 12.0 Å². The number of nitrogens with two attached hydrogens (primary N) is 1. The molecule has 1 heterocycles. The van der Waals surface area contributed by atoms with Crippen LogP contribution in [-0.2, 0) is 6.42 Å². The average molecular weight is 224 g/mol. The van der Waals surface area contributed by atoms with Gasteiger partial charge < -0.3 is 15.3 Å². The molecule has 0 spiro atoms. The summed E-state index contributed by atoms with van der Waals surface area (Å²) in [6.07, 6.45) is 0.208. The summed E-state index contributed by atoms with van der Waals surface area (Å²) in [6, 6.07) is 4.11. The third-order valence-corrected chi connectivity index (χ3v) is 2.37. The molecule has 0 aliphatic heterocycles. The quantitative estimate of drug-likeness (QED) is 0.822. The van der Waals surface area contributed by atoms with Crippen LogP contribution in [0.4, 0.5) is 4.39 Å². The predicted octanol–water partition coefficient (Wildman–Crippen LogP) is 1.22. The predicted molar refractivity (Wildman–Crippen MR) is 57.3 cm³/mol. The van der Waals surface area contributed by atoms with Crippen molar-refractivity contribution in [3.8, 4) is 0 Å². The monoisotopic (exact) mass is 224 g/mol. The first-order valence-electron chi connectivity index (χ1n) is 4.97. The summed E-state index contributed by atoms with van der Waals surface area (Å²) >= 11 is 0. The van der Waals surface area contributed by atoms with Gasteiger partial charge in [-0.2, -0.15) is 0 Å². The van der Waals surface area contributed by atoms with Gasteiger partial charge in [-0.3, -0.25) is 0 Å². The third kappa shape index (κ3) is 2.20. The van der Waals surface area contributed by atoms with Crippen LogP contribution in [0.15, 0.2) is 22.6 Å². The number of halogens is 1. The zero-order valence-electron chi connectivity index (χ0n) is 8.90. The van der Waals surface area contributed by atoms with Gasteiger partial charge in [-0.05, 0) is 19.1 Å². The van der Waals surface area contributed by atoms with Gasteiger partial charge in [0.1, 0.15) is 11.3 Å². The first-order valence-corrected chi connectivity index (χ1v) is 4.97. The normalized spacial score (nSPS) is 15.2. The van der Waals surface area contributed by atoms with E-state index in [0.717, 1.165) is 0 Å². The van der Waals surface area contributed by atoms with Crippen molar-refractivity contribution in [3.63, 3.8) is 0 Å². The second-order valence-electron chi connectivity index (χ2n) is 4.10. The number of aliphatic hydroxyl groups is 1. The molecule has 0 aliphatic rings. The molecule has 86 valence electrons. The van der Waals surface area contributed by atoms with E-state index in [1.165, 1.54) is 18.2 Å². The smallest absolute Gasteiger partial charge is 0.198 e. The number of fused-ring (bicyclic) bond motifs is 1. The lowest BCUT2D eigenvalue weighted by atomic mass is 10.0. The summed E-state index contributed by atoms with van der Waals surface area (Å²) in [6.45, 7) is 1.71. The summed E-state index contributed by atoms with van der Waals surface area (Å²) < 4.78 is 18.3. The molecule has 2 aromatic rings. The second-order valence-corrected chi connectivity index (χ2v) is 4.10. The summed E-state index contributed by atoms with van der Waals surface area (Å²) in [7, 11) is 0. The molecule has 4 nitrogen and oxygen atoms in total. The molecule has 0 fully saturated rings. The molecule has 0 saturated carbocycles. The highest BCUT2D eigenvalue weighted by atomic mass is 19.1. The van der Waals surface area contributed by atoms with Crippen LogP contribution in [-0.4, -0.2) is 22.2 Å². The molecule has 1 unspecified atom stereocenters. The number of benzene rings is 1. The average Bonchev–Trinajstić information content (AvgIpc) is 2.58. The van der Waals surface area contributed by atoms with Crippen molar-refractivity contribution < 1.29 is 13.9 Å². The van der Waals surface area contributed by atoms with Gasteiger partial charge in [0, 0.05) is 12.6 Å². The summed E-state index contributed by atoms with van der Waals surface area (Å²) in [5, 5.41) is 9.76. The van der Waals surface area contributed by atoms with E-state index < -0.39 is 5.60 Å². The fourth-order valence-electron chi connectivity index (χ4n) is 1.42. The van der Waals surface area contributed by atoms with E-state index in [9.17, 15) is 9.50 Å². The maximum Gasteiger partial charge on any atom is 0.198 e. The van der Waals surface area contributed by atoms with Crippen molar-refractivity contribution in [1.29, 1.82) is 0 Å². The Bertz CT molecular complexity index is 508. The molecule has 0 radical (unpaired) electrons. The van der Waals surface area contributed by atoms with E-state index >= 15 is 0 Å². The number of oxazole rings is 1. The van der Waals surface area contributed by atoms with Crippen LogP contribution in [0.5, 0.6) is 0 Å².